The van der Waals surface area contributed by atoms with Gasteiger partial charge in [-0.05, 0) is 36.5 Å². The van der Waals surface area contributed by atoms with Gasteiger partial charge in [-0.15, -0.1) is 0 Å². The van der Waals surface area contributed by atoms with Crippen molar-refractivity contribution in [1.82, 2.24) is 0 Å². The lowest BCUT2D eigenvalue weighted by Gasteiger charge is -2.22. The second kappa shape index (κ2) is 4.94. The van der Waals surface area contributed by atoms with E-state index in [0.717, 1.165) is 31.7 Å². The number of ether oxygens (including phenoxy) is 1. The fraction of sp³-hybridized carbons (Fsp3) is 0.417. The molecule has 3 heteroatoms. The molecule has 1 N–H and O–H groups in total. The molecule has 1 amide bonds. The largest absolute Gasteiger partial charge is 0.381 e. The third-order valence-electron chi connectivity index (χ3n) is 2.83. The van der Waals surface area contributed by atoms with Crippen LogP contribution in [0.2, 0.25) is 0 Å². The molecule has 0 radical (unpaired) electrons. The summed E-state index contributed by atoms with van der Waals surface area (Å²) in [6.07, 6.45) is 2.89. The predicted molar refractivity (Wildman–Crippen MR) is 58.9 cm³/mol. The second-order valence-corrected chi connectivity index (χ2v) is 3.77. The molecule has 0 aromatic heterocycles. The third-order valence-corrected chi connectivity index (χ3v) is 2.83. The number of hydrogen-bond donors (Lipinski definition) is 1. The van der Waals surface area contributed by atoms with Crippen LogP contribution < -0.4 is 5.32 Å². The molecule has 0 atom stereocenters. The number of rotatable bonds is 3. The van der Waals surface area contributed by atoms with E-state index in [4.69, 9.17) is 4.74 Å². The van der Waals surface area contributed by atoms with E-state index in [9.17, 15) is 4.79 Å². The fourth-order valence-electron chi connectivity index (χ4n) is 1.95. The second-order valence-electron chi connectivity index (χ2n) is 3.77. The smallest absolute Gasteiger partial charge is 0.211 e. The Kier molecular flexibility index (Phi) is 3.35. The highest BCUT2D eigenvalue weighted by Crippen LogP contribution is 2.27. The van der Waals surface area contributed by atoms with E-state index >= 15 is 0 Å². The SMILES string of the molecule is O=CNc1ccc(C2CCOCC2)cc1. The van der Waals surface area contributed by atoms with Crippen molar-refractivity contribution in [2.24, 2.45) is 0 Å². The van der Waals surface area contributed by atoms with Gasteiger partial charge in [-0.1, -0.05) is 12.1 Å². The van der Waals surface area contributed by atoms with E-state index in [0.29, 0.717) is 12.3 Å². The van der Waals surface area contributed by atoms with E-state index in [1.54, 1.807) is 0 Å². The fourth-order valence-corrected chi connectivity index (χ4v) is 1.95. The topological polar surface area (TPSA) is 38.3 Å². The van der Waals surface area contributed by atoms with Crippen LogP contribution in [0.5, 0.6) is 0 Å². The lowest BCUT2D eigenvalue weighted by molar-refractivity contribution is -0.105. The van der Waals surface area contributed by atoms with Gasteiger partial charge in [-0.3, -0.25) is 4.79 Å². The molecule has 3 nitrogen and oxygen atoms in total. The van der Waals surface area contributed by atoms with Gasteiger partial charge in [0.05, 0.1) is 0 Å². The first-order valence-electron chi connectivity index (χ1n) is 5.28. The van der Waals surface area contributed by atoms with Gasteiger partial charge in [-0.25, -0.2) is 0 Å². The van der Waals surface area contributed by atoms with Gasteiger partial charge in [0.25, 0.3) is 0 Å². The number of hydrogen-bond acceptors (Lipinski definition) is 2. The van der Waals surface area contributed by atoms with Gasteiger partial charge in [0.15, 0.2) is 0 Å². The Bertz CT molecular complexity index is 315. The molecular formula is C12H15NO2. The molecule has 80 valence electrons. The summed E-state index contributed by atoms with van der Waals surface area (Å²) in [6.45, 7) is 1.72. The number of amides is 1. The summed E-state index contributed by atoms with van der Waals surface area (Å²) < 4.78 is 5.32. The third kappa shape index (κ3) is 2.57. The van der Waals surface area contributed by atoms with Gasteiger partial charge < -0.3 is 10.1 Å². The van der Waals surface area contributed by atoms with Crippen LogP contribution in [-0.4, -0.2) is 19.6 Å². The molecular weight excluding hydrogens is 190 g/mol. The molecule has 0 aliphatic carbocycles. The summed E-state index contributed by atoms with van der Waals surface area (Å²) in [7, 11) is 0. The average molecular weight is 205 g/mol. The van der Waals surface area contributed by atoms with Crippen LogP contribution in [0.15, 0.2) is 24.3 Å². The lowest BCUT2D eigenvalue weighted by atomic mass is 9.92. The molecule has 1 aliphatic rings. The Morgan fingerprint density at radius 1 is 1.20 bits per heavy atom. The van der Waals surface area contributed by atoms with Crippen LogP contribution in [0.25, 0.3) is 0 Å². The average Bonchev–Trinajstić information content (AvgIpc) is 2.32. The molecule has 0 spiro atoms. The highest BCUT2D eigenvalue weighted by Gasteiger charge is 2.15. The summed E-state index contributed by atoms with van der Waals surface area (Å²) in [5.41, 5.74) is 2.19. The molecule has 1 fully saturated rings. The molecule has 2 rings (SSSR count). The number of carbonyl (C=O) groups is 1. The highest BCUT2D eigenvalue weighted by molar-refractivity contribution is 5.71. The van der Waals surface area contributed by atoms with Crippen molar-refractivity contribution in [3.8, 4) is 0 Å². The molecule has 1 aromatic carbocycles. The summed E-state index contributed by atoms with van der Waals surface area (Å²) in [5.74, 6) is 0.615. The molecule has 0 saturated carbocycles. The zero-order valence-electron chi connectivity index (χ0n) is 8.61. The van der Waals surface area contributed by atoms with E-state index in [2.05, 4.69) is 17.4 Å². The Labute approximate surface area is 89.4 Å². The van der Waals surface area contributed by atoms with Crippen molar-refractivity contribution in [2.75, 3.05) is 18.5 Å². The molecule has 0 unspecified atom stereocenters. The summed E-state index contributed by atoms with van der Waals surface area (Å²) in [4.78, 5) is 10.2. The summed E-state index contributed by atoms with van der Waals surface area (Å²) in [5, 5.41) is 2.63. The molecule has 15 heavy (non-hydrogen) atoms. The van der Waals surface area contributed by atoms with E-state index in [-0.39, 0.29) is 0 Å². The predicted octanol–water partition coefficient (Wildman–Crippen LogP) is 2.15. The minimum Gasteiger partial charge on any atom is -0.381 e. The number of benzene rings is 1. The number of carbonyl (C=O) groups excluding carboxylic acids is 1. The van der Waals surface area contributed by atoms with E-state index in [1.165, 1.54) is 5.56 Å². The van der Waals surface area contributed by atoms with Crippen molar-refractivity contribution >= 4 is 12.1 Å². The van der Waals surface area contributed by atoms with Crippen molar-refractivity contribution in [1.29, 1.82) is 0 Å². The van der Waals surface area contributed by atoms with Crippen LogP contribution in [-0.2, 0) is 9.53 Å². The van der Waals surface area contributed by atoms with Gasteiger partial charge >= 0.3 is 0 Å². The molecule has 1 aromatic rings. The first kappa shape index (κ1) is 10.2. The lowest BCUT2D eigenvalue weighted by Crippen LogP contribution is -2.13. The van der Waals surface area contributed by atoms with Gasteiger partial charge in [-0.2, -0.15) is 0 Å². The first-order valence-corrected chi connectivity index (χ1v) is 5.28. The van der Waals surface area contributed by atoms with Crippen LogP contribution in [0.1, 0.15) is 24.3 Å². The first-order chi connectivity index (χ1) is 7.40. The zero-order chi connectivity index (χ0) is 10.5. The minimum atomic E-state index is 0.615. The Morgan fingerprint density at radius 2 is 1.87 bits per heavy atom. The Morgan fingerprint density at radius 3 is 2.47 bits per heavy atom. The Hall–Kier alpha value is -1.35. The summed E-state index contributed by atoms with van der Waals surface area (Å²) in [6, 6.07) is 8.06. The summed E-state index contributed by atoms with van der Waals surface area (Å²) >= 11 is 0. The van der Waals surface area contributed by atoms with Crippen molar-refractivity contribution in [3.05, 3.63) is 29.8 Å². The van der Waals surface area contributed by atoms with Crippen molar-refractivity contribution < 1.29 is 9.53 Å². The maximum atomic E-state index is 10.2. The van der Waals surface area contributed by atoms with Gasteiger partial charge in [0.2, 0.25) is 6.41 Å². The number of anilines is 1. The quantitative estimate of drug-likeness (QED) is 0.768. The van der Waals surface area contributed by atoms with Crippen molar-refractivity contribution in [2.45, 2.75) is 18.8 Å². The number of nitrogens with one attached hydrogen (secondary N) is 1. The zero-order valence-corrected chi connectivity index (χ0v) is 8.61. The normalized spacial score (nSPS) is 17.3. The monoisotopic (exact) mass is 205 g/mol. The van der Waals surface area contributed by atoms with Gasteiger partial charge in [0, 0.05) is 18.9 Å². The Balaban J connectivity index is 2.04. The molecule has 1 aliphatic heterocycles. The van der Waals surface area contributed by atoms with Crippen LogP contribution >= 0.6 is 0 Å². The maximum Gasteiger partial charge on any atom is 0.211 e. The van der Waals surface area contributed by atoms with Crippen LogP contribution in [0.3, 0.4) is 0 Å². The molecule has 0 bridgehead atoms. The van der Waals surface area contributed by atoms with E-state index in [1.807, 2.05) is 12.1 Å². The van der Waals surface area contributed by atoms with Crippen LogP contribution in [0, 0.1) is 0 Å². The molecule has 1 heterocycles. The maximum absolute atomic E-state index is 10.2. The minimum absolute atomic E-state index is 0.615. The van der Waals surface area contributed by atoms with E-state index < -0.39 is 0 Å². The van der Waals surface area contributed by atoms with Crippen molar-refractivity contribution in [3.63, 3.8) is 0 Å². The standard InChI is InChI=1S/C12H15NO2/c14-9-13-12-3-1-10(2-4-12)11-5-7-15-8-6-11/h1-4,9,11H,5-8H2,(H,13,14). The molecule has 1 saturated heterocycles. The van der Waals surface area contributed by atoms with Gasteiger partial charge in [0.1, 0.15) is 0 Å². The van der Waals surface area contributed by atoms with Crippen LogP contribution in [0.4, 0.5) is 5.69 Å². The highest BCUT2D eigenvalue weighted by atomic mass is 16.5.